The number of carbonyl (C=O) groups excluding carboxylic acids is 3. The lowest BCUT2D eigenvalue weighted by Gasteiger charge is -2.29. The lowest BCUT2D eigenvalue weighted by atomic mass is 9.94. The number of carbonyl (C=O) groups is 4. The van der Waals surface area contributed by atoms with Crippen LogP contribution < -0.4 is 5.56 Å². The van der Waals surface area contributed by atoms with Crippen molar-refractivity contribution in [3.8, 4) is 11.1 Å². The molecule has 0 aliphatic heterocycles. The third-order valence-electron chi connectivity index (χ3n) is 4.46. The summed E-state index contributed by atoms with van der Waals surface area (Å²) in [6.45, 7) is 3.98. The molecule has 9 nitrogen and oxygen atoms in total. The number of esters is 1. The van der Waals surface area contributed by atoms with Gasteiger partial charge in [0.15, 0.2) is 0 Å². The van der Waals surface area contributed by atoms with Gasteiger partial charge in [0.05, 0.1) is 12.7 Å². The molecule has 2 N–H and O–H groups in total. The van der Waals surface area contributed by atoms with E-state index in [0.717, 1.165) is 37.4 Å². The van der Waals surface area contributed by atoms with Gasteiger partial charge in [-0.15, -0.1) is 0 Å². The van der Waals surface area contributed by atoms with Gasteiger partial charge in [0.2, 0.25) is 5.56 Å². The van der Waals surface area contributed by atoms with E-state index in [1.165, 1.54) is 20.8 Å². The highest BCUT2D eigenvalue weighted by Crippen LogP contribution is 2.29. The molecule has 0 unspecified atom stereocenters. The molecular weight excluding hydrogens is 461 g/mol. The minimum absolute atomic E-state index is 0.0144. The number of halogens is 3. The Kier molecular flexibility index (Phi) is 7.34. The first-order valence-corrected chi connectivity index (χ1v) is 9.69. The number of aromatic amines is 1. The van der Waals surface area contributed by atoms with Crippen LogP contribution in [0.25, 0.3) is 11.1 Å². The summed E-state index contributed by atoms with van der Waals surface area (Å²) in [6.07, 6.45) is -5.33. The summed E-state index contributed by atoms with van der Waals surface area (Å²) in [5.41, 5.74) is -3.15. The summed E-state index contributed by atoms with van der Waals surface area (Å²) in [7, 11) is 1.04. The van der Waals surface area contributed by atoms with E-state index in [-0.39, 0.29) is 21.7 Å². The Hall–Kier alpha value is -3.96. The van der Waals surface area contributed by atoms with E-state index in [1.54, 1.807) is 0 Å². The summed E-state index contributed by atoms with van der Waals surface area (Å²) in [4.78, 5) is 62.7. The summed E-state index contributed by atoms with van der Waals surface area (Å²) < 4.78 is 43.9. The van der Waals surface area contributed by atoms with Gasteiger partial charge in [-0.1, -0.05) is 26.8 Å². The number of nitrogens with one attached hydrogen (secondary N) is 1. The van der Waals surface area contributed by atoms with E-state index in [4.69, 9.17) is 0 Å². The Morgan fingerprint density at radius 3 is 2.12 bits per heavy atom. The predicted molar refractivity (Wildman–Crippen MR) is 112 cm³/mol. The molecule has 1 heterocycles. The zero-order chi connectivity index (χ0) is 26.0. The number of hydrogen-bond donors (Lipinski definition) is 2. The molecule has 12 heteroatoms. The van der Waals surface area contributed by atoms with Crippen molar-refractivity contribution in [2.24, 2.45) is 5.41 Å². The van der Waals surface area contributed by atoms with Crippen molar-refractivity contribution in [3.63, 3.8) is 0 Å². The van der Waals surface area contributed by atoms with E-state index in [9.17, 15) is 42.3 Å². The first-order chi connectivity index (χ1) is 15.6. The molecule has 0 aliphatic carbocycles. The van der Waals surface area contributed by atoms with Crippen LogP contribution in [0.3, 0.4) is 0 Å². The van der Waals surface area contributed by atoms with Crippen LogP contribution in [0.4, 0.5) is 13.2 Å². The van der Waals surface area contributed by atoms with E-state index in [0.29, 0.717) is 0 Å². The standard InChI is InChI=1S/C22H21F3N2O7/c1-21(2,3)10-27(20(33)22(23,24)25)17(29)11-5-6-12(14(9-11)18(30)31)13-7-8-15(28)26-16(13)19(32)34-4/h5-9H,10H2,1-4H3,(H,26,28)(H,30,31). The average molecular weight is 482 g/mol. The van der Waals surface area contributed by atoms with E-state index in [1.807, 2.05) is 0 Å². The second kappa shape index (κ2) is 9.49. The Morgan fingerprint density at radius 2 is 1.62 bits per heavy atom. The summed E-state index contributed by atoms with van der Waals surface area (Å²) in [6, 6.07) is 5.10. The maximum Gasteiger partial charge on any atom is 0.471 e. The van der Waals surface area contributed by atoms with Crippen molar-refractivity contribution >= 4 is 23.8 Å². The lowest BCUT2D eigenvalue weighted by molar-refractivity contribution is -0.183. The molecule has 0 saturated heterocycles. The second-order valence-electron chi connectivity index (χ2n) is 8.42. The van der Waals surface area contributed by atoms with Crippen LogP contribution >= 0.6 is 0 Å². The van der Waals surface area contributed by atoms with Crippen molar-refractivity contribution in [2.45, 2.75) is 26.9 Å². The third kappa shape index (κ3) is 5.88. The third-order valence-corrected chi connectivity index (χ3v) is 4.46. The molecule has 2 aromatic rings. The van der Waals surface area contributed by atoms with Gasteiger partial charge in [-0.3, -0.25) is 19.3 Å². The van der Waals surface area contributed by atoms with E-state index >= 15 is 0 Å². The van der Waals surface area contributed by atoms with Crippen LogP contribution in [0.5, 0.6) is 0 Å². The molecule has 1 aromatic heterocycles. The van der Waals surface area contributed by atoms with E-state index in [2.05, 4.69) is 9.72 Å². The monoisotopic (exact) mass is 482 g/mol. The molecule has 0 bridgehead atoms. The fourth-order valence-corrected chi connectivity index (χ4v) is 3.07. The van der Waals surface area contributed by atoms with Crippen molar-refractivity contribution < 1.29 is 42.2 Å². The second-order valence-corrected chi connectivity index (χ2v) is 8.42. The molecule has 0 spiro atoms. The molecule has 2 rings (SSSR count). The number of pyridine rings is 1. The maximum absolute atomic E-state index is 13.1. The van der Waals surface area contributed by atoms with Crippen LogP contribution in [-0.4, -0.2) is 58.6 Å². The molecule has 1 aromatic carbocycles. The van der Waals surface area contributed by atoms with Crippen LogP contribution in [0.15, 0.2) is 35.1 Å². The van der Waals surface area contributed by atoms with Crippen LogP contribution in [0.2, 0.25) is 0 Å². The number of aromatic nitrogens is 1. The Balaban J connectivity index is 2.67. The van der Waals surface area contributed by atoms with Crippen LogP contribution in [0, 0.1) is 5.41 Å². The average Bonchev–Trinajstić information content (AvgIpc) is 2.74. The Labute approximate surface area is 191 Å². The number of nitrogens with zero attached hydrogens (tertiary/aromatic N) is 1. The van der Waals surface area contributed by atoms with Crippen molar-refractivity contribution in [2.75, 3.05) is 13.7 Å². The zero-order valence-electron chi connectivity index (χ0n) is 18.6. The molecule has 0 aliphatic rings. The number of ether oxygens (including phenoxy) is 1. The first kappa shape index (κ1) is 26.3. The number of carboxylic acids is 1. The molecular formula is C22H21F3N2O7. The normalized spacial score (nSPS) is 11.6. The van der Waals surface area contributed by atoms with Gasteiger partial charge >= 0.3 is 24.0 Å². The minimum atomic E-state index is -5.33. The summed E-state index contributed by atoms with van der Waals surface area (Å²) >= 11 is 0. The minimum Gasteiger partial charge on any atom is -0.478 e. The molecule has 34 heavy (non-hydrogen) atoms. The highest BCUT2D eigenvalue weighted by atomic mass is 19.4. The number of amides is 2. The maximum atomic E-state index is 13.1. The molecule has 0 radical (unpaired) electrons. The number of alkyl halides is 3. The molecule has 0 saturated carbocycles. The van der Waals surface area contributed by atoms with Gasteiger partial charge in [0.1, 0.15) is 5.69 Å². The van der Waals surface area contributed by atoms with Gasteiger partial charge in [0.25, 0.3) is 5.91 Å². The lowest BCUT2D eigenvalue weighted by Crippen LogP contribution is -2.48. The summed E-state index contributed by atoms with van der Waals surface area (Å²) in [5.74, 6) is -6.28. The number of imide groups is 1. The van der Waals surface area contributed by atoms with Crippen LogP contribution in [-0.2, 0) is 9.53 Å². The fraction of sp³-hybridized carbons (Fsp3) is 0.318. The Bertz CT molecular complexity index is 1210. The number of benzene rings is 1. The largest absolute Gasteiger partial charge is 0.478 e. The topological polar surface area (TPSA) is 134 Å². The number of rotatable bonds is 5. The first-order valence-electron chi connectivity index (χ1n) is 9.69. The fourth-order valence-electron chi connectivity index (χ4n) is 3.07. The number of carboxylic acid groups (broad SMARTS) is 1. The highest BCUT2D eigenvalue weighted by Gasteiger charge is 2.46. The summed E-state index contributed by atoms with van der Waals surface area (Å²) in [5, 5.41) is 9.68. The predicted octanol–water partition coefficient (Wildman–Crippen LogP) is 3.10. The highest BCUT2D eigenvalue weighted by molar-refractivity contribution is 6.09. The van der Waals surface area contributed by atoms with Gasteiger partial charge in [-0.25, -0.2) is 9.59 Å². The van der Waals surface area contributed by atoms with Crippen molar-refractivity contribution in [3.05, 3.63) is 57.5 Å². The Morgan fingerprint density at radius 1 is 1.03 bits per heavy atom. The number of H-pyrrole nitrogens is 1. The van der Waals surface area contributed by atoms with Crippen molar-refractivity contribution in [1.82, 2.24) is 9.88 Å². The van der Waals surface area contributed by atoms with Gasteiger partial charge in [0, 0.05) is 23.7 Å². The van der Waals surface area contributed by atoms with Crippen molar-refractivity contribution in [1.29, 1.82) is 0 Å². The number of hydrogen-bond acceptors (Lipinski definition) is 6. The zero-order valence-corrected chi connectivity index (χ0v) is 18.6. The van der Waals surface area contributed by atoms with E-state index < -0.39 is 58.6 Å². The number of aromatic carboxylic acids is 1. The molecule has 0 atom stereocenters. The SMILES string of the molecule is COC(=O)c1[nH]c(=O)ccc1-c1ccc(C(=O)N(CC(C)(C)C)C(=O)C(F)(F)F)cc1C(=O)O. The van der Waals surface area contributed by atoms with Crippen LogP contribution in [0.1, 0.15) is 52.0 Å². The van der Waals surface area contributed by atoms with Gasteiger partial charge in [-0.05, 0) is 29.2 Å². The number of methoxy groups -OCH3 is 1. The van der Waals surface area contributed by atoms with Gasteiger partial charge in [-0.2, -0.15) is 13.2 Å². The smallest absolute Gasteiger partial charge is 0.471 e. The quantitative estimate of drug-likeness (QED) is 0.626. The van der Waals surface area contributed by atoms with Gasteiger partial charge < -0.3 is 14.8 Å². The molecule has 2 amide bonds. The molecule has 182 valence electrons. The molecule has 0 fully saturated rings.